The summed E-state index contributed by atoms with van der Waals surface area (Å²) in [5, 5.41) is 2.45. The predicted octanol–water partition coefficient (Wildman–Crippen LogP) is 1.14. The molecule has 0 aromatic heterocycles. The Morgan fingerprint density at radius 3 is 1.04 bits per heavy atom. The lowest BCUT2D eigenvalue weighted by Gasteiger charge is -2.27. The van der Waals surface area contributed by atoms with E-state index >= 15 is 0 Å². The van der Waals surface area contributed by atoms with Crippen molar-refractivity contribution in [2.75, 3.05) is 0 Å². The molecule has 0 saturated carbocycles. The summed E-state index contributed by atoms with van der Waals surface area (Å²) in [6, 6.07) is 0. The van der Waals surface area contributed by atoms with Crippen molar-refractivity contribution in [3.63, 3.8) is 0 Å². The minimum absolute atomic E-state index is 0.236. The van der Waals surface area contributed by atoms with Crippen molar-refractivity contribution in [1.29, 1.82) is 0 Å². The molecule has 7 heteroatoms. The normalized spacial score (nSPS) is 13.3. The molecule has 0 aliphatic rings. The molecule has 0 rings (SSSR count). The highest BCUT2D eigenvalue weighted by Gasteiger charge is 2.22. The SMILES string of the molecule is CC(C)C(C)(C)[SiH2]O[SiH3].CC(C)C(C)(C)[SiH2]O[SiH3].CC(C)[CH2][AlH2]. The van der Waals surface area contributed by atoms with E-state index in [1.54, 1.807) is 0 Å². The highest BCUT2D eigenvalue weighted by molar-refractivity contribution is 6.38. The molecule has 23 heavy (non-hydrogen) atoms. The Bertz CT molecular complexity index is 238. The second-order valence-corrected chi connectivity index (χ2v) is 18.6. The van der Waals surface area contributed by atoms with Gasteiger partial charge in [0.25, 0.3) is 0 Å². The molecule has 0 aromatic rings. The van der Waals surface area contributed by atoms with Gasteiger partial charge in [0, 0.05) is 0 Å². The fraction of sp³-hybridized carbons (Fsp3) is 1.00. The van der Waals surface area contributed by atoms with E-state index in [0.29, 0.717) is 10.1 Å². The van der Waals surface area contributed by atoms with Gasteiger partial charge in [-0.15, -0.1) is 0 Å². The topological polar surface area (TPSA) is 18.5 Å². The lowest BCUT2D eigenvalue weighted by Crippen LogP contribution is -2.21. The molecular weight excluding hydrogens is 364 g/mol. The fourth-order valence-corrected chi connectivity index (χ4v) is 7.70. The first kappa shape index (κ1) is 29.1. The van der Waals surface area contributed by atoms with Crippen LogP contribution in [0.4, 0.5) is 0 Å². The molecule has 0 heterocycles. The van der Waals surface area contributed by atoms with Crippen molar-refractivity contribution in [1.82, 2.24) is 0 Å². The maximum absolute atomic E-state index is 5.35. The number of rotatable bonds is 7. The Labute approximate surface area is 167 Å². The Hall–Kier alpha value is 1.32. The second kappa shape index (κ2) is 15.6. The third-order valence-corrected chi connectivity index (χ3v) is 12.0. The average molecular weight is 411 g/mol. The van der Waals surface area contributed by atoms with E-state index < -0.39 is 0 Å². The van der Waals surface area contributed by atoms with Crippen molar-refractivity contribution in [3.05, 3.63) is 0 Å². The van der Waals surface area contributed by atoms with E-state index in [1.807, 2.05) is 0 Å². The van der Waals surface area contributed by atoms with Crippen LogP contribution in [0.15, 0.2) is 0 Å². The molecule has 0 aromatic carbocycles. The van der Waals surface area contributed by atoms with Gasteiger partial charge in [-0.2, -0.15) is 0 Å². The fourth-order valence-electron chi connectivity index (χ4n) is 1.08. The van der Waals surface area contributed by atoms with Crippen LogP contribution in [0, 0.1) is 17.8 Å². The van der Waals surface area contributed by atoms with Gasteiger partial charge in [-0.25, -0.2) is 0 Å². The smallest absolute Gasteiger partial charge is 0.212 e. The molecule has 0 aliphatic carbocycles. The molecule has 0 atom stereocenters. The monoisotopic (exact) mass is 410 g/mol. The molecule has 142 valence electrons. The van der Waals surface area contributed by atoms with Crippen LogP contribution in [0.3, 0.4) is 0 Å². The first-order valence-electron chi connectivity index (χ1n) is 9.26. The van der Waals surface area contributed by atoms with Gasteiger partial charge in [-0.05, 0) is 21.9 Å². The van der Waals surface area contributed by atoms with Gasteiger partial charge in [0.2, 0.25) is 16.3 Å². The van der Waals surface area contributed by atoms with Crippen molar-refractivity contribution >= 4 is 56.8 Å². The van der Waals surface area contributed by atoms with Crippen LogP contribution in [0.1, 0.15) is 69.2 Å². The Kier molecular flexibility index (Phi) is 19.7. The molecule has 0 radical (unpaired) electrons. The maximum atomic E-state index is 5.35. The average Bonchev–Trinajstić information content (AvgIpc) is 2.39. The number of hydrogen-bond donors (Lipinski definition) is 0. The third kappa shape index (κ3) is 19.5. The van der Waals surface area contributed by atoms with Crippen LogP contribution in [0.25, 0.3) is 0 Å². The second-order valence-electron chi connectivity index (χ2n) is 8.95. The molecule has 0 saturated heterocycles. The maximum Gasteiger partial charge on any atom is 0.212 e. The standard InChI is InChI=1S/2C6H18OSi2.C4H9.Al.2H/c2*1-5(2)6(3,4)9-7-8;1-4(2)3;;;/h2*5H,9H2,1-4,8H3;4H,1H2,2-3H3;;;. The molecule has 0 bridgehead atoms. The van der Waals surface area contributed by atoms with Gasteiger partial charge in [0.05, 0.1) is 0 Å². The van der Waals surface area contributed by atoms with Gasteiger partial charge < -0.3 is 8.23 Å². The molecule has 0 amide bonds. The summed E-state index contributed by atoms with van der Waals surface area (Å²) >= 11 is 1.37. The summed E-state index contributed by atoms with van der Waals surface area (Å²) in [5.41, 5.74) is 0. The lowest BCUT2D eigenvalue weighted by molar-refractivity contribution is 0.437. The minimum Gasteiger partial charge on any atom is -0.468 e. The van der Waals surface area contributed by atoms with Gasteiger partial charge >= 0.3 is 0 Å². The lowest BCUT2D eigenvalue weighted by atomic mass is 9.99. The largest absolute Gasteiger partial charge is 0.468 e. The van der Waals surface area contributed by atoms with Crippen molar-refractivity contribution < 1.29 is 8.23 Å². The van der Waals surface area contributed by atoms with Crippen LogP contribution in [-0.4, -0.2) is 56.8 Å². The Morgan fingerprint density at radius 1 is 0.783 bits per heavy atom. The Morgan fingerprint density at radius 2 is 1.00 bits per heavy atom. The molecule has 0 N–H and O–H groups in total. The van der Waals surface area contributed by atoms with Crippen molar-refractivity contribution in [3.8, 4) is 0 Å². The van der Waals surface area contributed by atoms with Crippen molar-refractivity contribution in [2.24, 2.45) is 17.8 Å². The zero-order valence-corrected chi connectivity index (χ0v) is 27.5. The van der Waals surface area contributed by atoms with E-state index in [-0.39, 0.29) is 19.5 Å². The summed E-state index contributed by atoms with van der Waals surface area (Å²) in [5.74, 6) is 2.50. The van der Waals surface area contributed by atoms with Gasteiger partial charge in [0.1, 0.15) is 21.0 Å². The number of hydrogen-bond acceptors (Lipinski definition) is 2. The van der Waals surface area contributed by atoms with Crippen LogP contribution in [-0.2, 0) is 8.23 Å². The molecule has 0 fully saturated rings. The van der Waals surface area contributed by atoms with Crippen LogP contribution in [0.2, 0.25) is 15.4 Å². The molecular formula is C16H47AlO2Si4. The van der Waals surface area contributed by atoms with Gasteiger partial charge in [-0.3, -0.25) is 0 Å². The summed E-state index contributed by atoms with van der Waals surface area (Å²) in [7, 11) is 1.38. The van der Waals surface area contributed by atoms with E-state index in [4.69, 9.17) is 8.23 Å². The molecule has 0 spiro atoms. The summed E-state index contributed by atoms with van der Waals surface area (Å²) in [6.07, 6.45) is 0. The zero-order valence-electron chi connectivity index (χ0n) is 18.7. The van der Waals surface area contributed by atoms with Crippen LogP contribution >= 0.6 is 0 Å². The first-order chi connectivity index (χ1) is 10.3. The summed E-state index contributed by atoms with van der Waals surface area (Å²) < 4.78 is 10.7. The van der Waals surface area contributed by atoms with Gasteiger partial charge in [-0.1, -0.05) is 80.4 Å². The highest BCUT2D eigenvalue weighted by Crippen LogP contribution is 2.32. The van der Waals surface area contributed by atoms with E-state index in [1.165, 1.54) is 21.6 Å². The van der Waals surface area contributed by atoms with E-state index in [0.717, 1.165) is 38.7 Å². The quantitative estimate of drug-likeness (QED) is 0.586. The van der Waals surface area contributed by atoms with Crippen LogP contribution < -0.4 is 0 Å². The van der Waals surface area contributed by atoms with Crippen molar-refractivity contribution in [2.45, 2.75) is 84.6 Å². The molecule has 0 unspecified atom stereocenters. The predicted molar refractivity (Wildman–Crippen MR) is 125 cm³/mol. The van der Waals surface area contributed by atoms with E-state index in [2.05, 4.69) is 69.2 Å². The van der Waals surface area contributed by atoms with Crippen LogP contribution in [0.5, 0.6) is 0 Å². The third-order valence-electron chi connectivity index (χ3n) is 4.98. The minimum atomic E-state index is -0.236. The summed E-state index contributed by atoms with van der Waals surface area (Å²) in [6.45, 7) is 22.8. The molecule has 2 nitrogen and oxygen atoms in total. The van der Waals surface area contributed by atoms with Gasteiger partial charge in [0.15, 0.2) is 19.5 Å². The molecule has 0 aliphatic heterocycles. The zero-order chi connectivity index (χ0) is 19.3. The Balaban J connectivity index is -0.000000273. The first-order valence-corrected chi connectivity index (χ1v) is 14.9. The highest BCUT2D eigenvalue weighted by atomic mass is 28.3. The van der Waals surface area contributed by atoms with E-state index in [9.17, 15) is 0 Å². The summed E-state index contributed by atoms with van der Waals surface area (Å²) in [4.78, 5) is 0.